The third-order valence-electron chi connectivity index (χ3n) is 7.25. The Hall–Kier alpha value is -3.36. The van der Waals surface area contributed by atoms with Gasteiger partial charge in [0.05, 0.1) is 37.7 Å². The van der Waals surface area contributed by atoms with E-state index in [4.69, 9.17) is 39.0 Å². The number of hydrogen-bond donors (Lipinski definition) is 5. The number of aromatic amines is 1. The zero-order chi connectivity index (χ0) is 31.0. The number of nitrogens with zero attached hydrogens (tertiary/aromatic N) is 6. The Balaban J connectivity index is 1.20. The predicted molar refractivity (Wildman–Crippen MR) is 143 cm³/mol. The van der Waals surface area contributed by atoms with Crippen LogP contribution in [-0.4, -0.2) is 87.6 Å². The van der Waals surface area contributed by atoms with E-state index < -0.39 is 77.5 Å². The lowest BCUT2D eigenvalue weighted by Crippen LogP contribution is -2.32. The van der Waals surface area contributed by atoms with E-state index in [-0.39, 0.29) is 40.4 Å². The second-order valence-corrected chi connectivity index (χ2v) is 12.9. The summed E-state index contributed by atoms with van der Waals surface area (Å²) in [6.07, 6.45) is -6.94. The molecule has 0 aliphatic carbocycles. The van der Waals surface area contributed by atoms with E-state index in [0.717, 1.165) is 0 Å². The number of imidazole rings is 2. The van der Waals surface area contributed by atoms with Gasteiger partial charge in [-0.15, -0.1) is 0 Å². The molecule has 4 aromatic heterocycles. The van der Waals surface area contributed by atoms with Crippen molar-refractivity contribution < 1.29 is 50.9 Å². The topological polar surface area (TPSA) is 276 Å². The molecule has 0 aromatic carbocycles. The Morgan fingerprint density at radius 1 is 0.932 bits per heavy atom. The van der Waals surface area contributed by atoms with Crippen LogP contribution in [0.25, 0.3) is 22.3 Å². The number of rotatable bonds is 2. The fraction of sp³-hybridized carbons (Fsp3) is 0.476. The highest BCUT2D eigenvalue weighted by Gasteiger charge is 2.52. The maximum atomic E-state index is 15.8. The van der Waals surface area contributed by atoms with Crippen molar-refractivity contribution in [2.45, 2.75) is 49.5 Å². The van der Waals surface area contributed by atoms with Crippen LogP contribution in [0.2, 0.25) is 0 Å². The molecular weight excluding hydrogens is 635 g/mol. The molecule has 7 heterocycles. The van der Waals surface area contributed by atoms with Gasteiger partial charge in [-0.1, -0.05) is 0 Å². The van der Waals surface area contributed by atoms with Gasteiger partial charge in [-0.05, 0) is 6.07 Å². The van der Waals surface area contributed by atoms with Crippen LogP contribution in [0.15, 0.2) is 29.7 Å². The Kier molecular flexibility index (Phi) is 7.09. The van der Waals surface area contributed by atoms with E-state index in [0.29, 0.717) is 0 Å². The van der Waals surface area contributed by atoms with Crippen molar-refractivity contribution in [2.24, 2.45) is 0 Å². The van der Waals surface area contributed by atoms with E-state index in [1.807, 2.05) is 0 Å². The number of anilines is 2. The van der Waals surface area contributed by atoms with Gasteiger partial charge in [0.1, 0.15) is 23.8 Å². The number of alkyl halides is 1. The molecule has 0 amide bonds. The fourth-order valence-corrected chi connectivity index (χ4v) is 7.20. The van der Waals surface area contributed by atoms with Gasteiger partial charge >= 0.3 is 15.6 Å². The first kappa shape index (κ1) is 29.4. The molecule has 0 radical (unpaired) electrons. The Labute approximate surface area is 244 Å². The van der Waals surface area contributed by atoms with Gasteiger partial charge in [0.15, 0.2) is 35.4 Å². The number of nitrogens with two attached hydrogens (primary N) is 2. The quantitative estimate of drug-likeness (QED) is 0.181. The summed E-state index contributed by atoms with van der Waals surface area (Å²) in [6, 6.07) is 1.50. The molecule has 2 unspecified atom stereocenters. The molecule has 0 saturated carbocycles. The normalized spacial score (nSPS) is 36.6. The molecule has 4 bridgehead atoms. The number of hydrogen-bond acceptors (Lipinski definition) is 15. The van der Waals surface area contributed by atoms with Gasteiger partial charge in [0, 0.05) is 12.6 Å². The molecule has 7 N–H and O–H groups in total. The first-order chi connectivity index (χ1) is 20.9. The zero-order valence-electron chi connectivity index (χ0n) is 22.2. The third kappa shape index (κ3) is 5.20. The molecule has 44 heavy (non-hydrogen) atoms. The van der Waals surface area contributed by atoms with Crippen molar-refractivity contribution in [1.29, 1.82) is 0 Å². The largest absolute Gasteiger partial charge is 0.472 e. The summed E-state index contributed by atoms with van der Waals surface area (Å²) in [5.74, 6) is -0.232. The van der Waals surface area contributed by atoms with Crippen LogP contribution in [0.4, 0.5) is 16.0 Å². The van der Waals surface area contributed by atoms with Crippen molar-refractivity contribution in [2.75, 3.05) is 24.7 Å². The van der Waals surface area contributed by atoms with Crippen LogP contribution in [0.5, 0.6) is 0 Å². The van der Waals surface area contributed by atoms with Crippen LogP contribution in [0.3, 0.4) is 0 Å². The van der Waals surface area contributed by atoms with E-state index in [1.165, 1.54) is 34.1 Å². The summed E-state index contributed by atoms with van der Waals surface area (Å²) < 4.78 is 77.0. The molecule has 7 rings (SSSR count). The summed E-state index contributed by atoms with van der Waals surface area (Å²) in [5, 5.41) is 0. The van der Waals surface area contributed by atoms with Gasteiger partial charge in [0.25, 0.3) is 5.56 Å². The lowest BCUT2D eigenvalue weighted by Gasteiger charge is -2.24. The van der Waals surface area contributed by atoms with Crippen molar-refractivity contribution in [3.63, 3.8) is 0 Å². The number of aromatic nitrogens is 7. The molecule has 9 atom stereocenters. The second-order valence-electron chi connectivity index (χ2n) is 10.1. The number of nitrogen functional groups attached to an aromatic ring is 2. The van der Waals surface area contributed by atoms with Gasteiger partial charge in [0.2, 0.25) is 5.95 Å². The van der Waals surface area contributed by atoms with Gasteiger partial charge in [-0.2, -0.15) is 4.98 Å². The van der Waals surface area contributed by atoms with Crippen molar-refractivity contribution in [1.82, 2.24) is 34.1 Å². The lowest BCUT2D eigenvalue weighted by atomic mass is 10.1. The first-order valence-corrected chi connectivity index (χ1v) is 15.9. The molecule has 20 nitrogen and oxygen atoms in total. The third-order valence-corrected chi connectivity index (χ3v) is 9.25. The average molecular weight is 659 g/mol. The molecular formula is C21H24FN9O11P2. The maximum Gasteiger partial charge on any atom is 0.472 e. The minimum atomic E-state index is -5.00. The second kappa shape index (κ2) is 10.6. The van der Waals surface area contributed by atoms with Gasteiger partial charge in [-0.3, -0.25) is 37.0 Å². The van der Waals surface area contributed by atoms with Crippen LogP contribution in [0, 0.1) is 0 Å². The number of pyridine rings is 1. The molecule has 0 spiro atoms. The number of phosphoric ester groups is 2. The molecule has 4 aromatic rings. The molecule has 3 saturated heterocycles. The number of halogens is 1. The minimum Gasteiger partial charge on any atom is -0.397 e. The fourth-order valence-electron chi connectivity index (χ4n) is 5.33. The average Bonchev–Trinajstić information content (AvgIpc) is 3.72. The summed E-state index contributed by atoms with van der Waals surface area (Å²) in [7, 11) is -9.95. The maximum absolute atomic E-state index is 15.8. The van der Waals surface area contributed by atoms with Crippen molar-refractivity contribution in [3.05, 3.63) is 35.3 Å². The highest BCUT2D eigenvalue weighted by atomic mass is 31.2. The van der Waals surface area contributed by atoms with Crippen LogP contribution < -0.4 is 17.0 Å². The van der Waals surface area contributed by atoms with E-state index in [2.05, 4.69) is 24.9 Å². The standard InChI is InChI=1S/C21H24FN9O11P2/c22-12-11-5-38-43(33,34)41-10-3-8(39-19(10)31-7-27-14-17(31)28-21(24)29-18(14)32)4-37-44(35,36)42-15(12)20(40-11)30-6-26-13-9(23)1-2-25-16(13)30/h1-2,6-8,10-12,15,19-20H,3-5H2,(H2,23,25)(H,33,34)(H,35,36)(H3,24,28,29,32)/t8-,10+,11+,12+,15+,19+,20+/m0/s1. The first-order valence-electron chi connectivity index (χ1n) is 12.9. The molecule has 3 aliphatic rings. The van der Waals surface area contributed by atoms with Crippen LogP contribution in [0.1, 0.15) is 18.9 Å². The van der Waals surface area contributed by atoms with Crippen molar-refractivity contribution in [3.8, 4) is 0 Å². The number of phosphoric acid groups is 2. The Bertz CT molecular complexity index is 1900. The Morgan fingerprint density at radius 2 is 1.64 bits per heavy atom. The number of fused-ring (bicyclic) bond motifs is 6. The van der Waals surface area contributed by atoms with E-state index >= 15 is 4.39 Å². The highest BCUT2D eigenvalue weighted by molar-refractivity contribution is 7.47. The summed E-state index contributed by atoms with van der Waals surface area (Å²) in [6.45, 7) is -1.44. The van der Waals surface area contributed by atoms with E-state index in [9.17, 15) is 23.7 Å². The van der Waals surface area contributed by atoms with Crippen LogP contribution >= 0.6 is 15.6 Å². The zero-order valence-corrected chi connectivity index (χ0v) is 23.9. The smallest absolute Gasteiger partial charge is 0.397 e. The van der Waals surface area contributed by atoms with Gasteiger partial charge in [-0.25, -0.2) is 28.5 Å². The van der Waals surface area contributed by atoms with Crippen molar-refractivity contribution >= 4 is 49.6 Å². The molecule has 3 fully saturated rings. The molecule has 3 aliphatic heterocycles. The number of ether oxygens (including phenoxy) is 2. The number of nitrogens with one attached hydrogen (secondary N) is 1. The van der Waals surface area contributed by atoms with Gasteiger partial charge < -0.3 is 30.7 Å². The predicted octanol–water partition coefficient (Wildman–Crippen LogP) is 0.270. The Morgan fingerprint density at radius 3 is 2.43 bits per heavy atom. The summed E-state index contributed by atoms with van der Waals surface area (Å²) >= 11 is 0. The summed E-state index contributed by atoms with van der Waals surface area (Å²) in [5.41, 5.74) is 11.5. The highest BCUT2D eigenvalue weighted by Crippen LogP contribution is 2.54. The number of H-pyrrole nitrogens is 1. The molecule has 236 valence electrons. The SMILES string of the molecule is Nc1nc2c(ncn2[C@@H]2O[C@@H]3COP(=O)(O)O[C@@H]4[C@H](F)[C@@H](COP(=O)(O)O[C@@H]2C3)O[C@H]4n2cnc3c(N)ccnc32)c(=O)[nH]1. The minimum absolute atomic E-state index is 0.0329. The van der Waals surface area contributed by atoms with E-state index in [1.54, 1.807) is 0 Å². The summed E-state index contributed by atoms with van der Waals surface area (Å²) in [4.78, 5) is 52.2. The monoisotopic (exact) mass is 659 g/mol. The lowest BCUT2D eigenvalue weighted by molar-refractivity contribution is -0.0670. The van der Waals surface area contributed by atoms with Crippen LogP contribution in [-0.2, 0) is 36.7 Å². The molecule has 23 heteroatoms.